The van der Waals surface area contributed by atoms with Crippen LogP contribution in [0.4, 0.5) is 11.4 Å². The van der Waals surface area contributed by atoms with Gasteiger partial charge >= 0.3 is 5.97 Å². The number of benzene rings is 1. The Labute approximate surface area is 114 Å². The number of rotatable bonds is 4. The highest BCUT2D eigenvalue weighted by Gasteiger charge is 2.22. The molecule has 7 nitrogen and oxygen atoms in total. The maximum Gasteiger partial charge on any atom is 0.337 e. The molecule has 0 aliphatic heterocycles. The molecule has 0 aromatic heterocycles. The fourth-order valence-corrected chi connectivity index (χ4v) is 2.00. The van der Waals surface area contributed by atoms with Gasteiger partial charge in [-0.05, 0) is 18.9 Å². The predicted octanol–water partition coefficient (Wildman–Crippen LogP) is 2.20. The number of nitro benzene ring substituents is 1. The van der Waals surface area contributed by atoms with E-state index in [2.05, 4.69) is 5.32 Å². The maximum atomic E-state index is 12.0. The first-order chi connectivity index (χ1) is 9.49. The van der Waals surface area contributed by atoms with Crippen molar-refractivity contribution in [1.29, 1.82) is 0 Å². The summed E-state index contributed by atoms with van der Waals surface area (Å²) in [6.45, 7) is 0. The monoisotopic (exact) mass is 276 g/mol. The Balaban J connectivity index is 2.27. The lowest BCUT2D eigenvalue weighted by Crippen LogP contribution is -2.22. The molecule has 104 valence electrons. The molecule has 0 saturated carbocycles. The molecule has 0 heterocycles. The van der Waals surface area contributed by atoms with Crippen LogP contribution in [0.25, 0.3) is 0 Å². The zero-order valence-corrected chi connectivity index (χ0v) is 10.4. The van der Waals surface area contributed by atoms with Gasteiger partial charge in [-0.1, -0.05) is 12.2 Å². The van der Waals surface area contributed by atoms with Gasteiger partial charge in [0.05, 0.1) is 16.2 Å². The Kier molecular flexibility index (Phi) is 3.79. The summed E-state index contributed by atoms with van der Waals surface area (Å²) in [5.74, 6) is -1.84. The number of carboxylic acids is 1. The smallest absolute Gasteiger partial charge is 0.337 e. The average molecular weight is 276 g/mol. The first kappa shape index (κ1) is 13.7. The molecule has 0 radical (unpaired) electrons. The number of carbonyl (C=O) groups is 2. The third-order valence-electron chi connectivity index (χ3n) is 3.08. The molecule has 1 aromatic carbocycles. The Morgan fingerprint density at radius 2 is 1.95 bits per heavy atom. The molecular weight excluding hydrogens is 264 g/mol. The number of nitrogens with one attached hydrogen (secondary N) is 1. The Morgan fingerprint density at radius 1 is 1.30 bits per heavy atom. The lowest BCUT2D eigenvalue weighted by molar-refractivity contribution is -0.384. The zero-order valence-electron chi connectivity index (χ0n) is 10.4. The van der Waals surface area contributed by atoms with Crippen LogP contribution in [0.15, 0.2) is 30.4 Å². The third kappa shape index (κ3) is 2.82. The summed E-state index contributed by atoms with van der Waals surface area (Å²) in [6.07, 6.45) is 4.91. The summed E-state index contributed by atoms with van der Waals surface area (Å²) >= 11 is 0. The van der Waals surface area contributed by atoms with E-state index in [0.717, 1.165) is 18.2 Å². The second-order valence-electron chi connectivity index (χ2n) is 4.42. The Hall–Kier alpha value is -2.70. The quantitative estimate of drug-likeness (QED) is 0.497. The van der Waals surface area contributed by atoms with Gasteiger partial charge in [-0.15, -0.1) is 0 Å². The number of non-ortho nitro benzene ring substituents is 1. The van der Waals surface area contributed by atoms with Gasteiger partial charge < -0.3 is 10.4 Å². The summed E-state index contributed by atoms with van der Waals surface area (Å²) < 4.78 is 0. The van der Waals surface area contributed by atoms with Crippen molar-refractivity contribution >= 4 is 23.3 Å². The number of aromatic carboxylic acids is 1. The molecule has 0 bridgehead atoms. The van der Waals surface area contributed by atoms with Crippen molar-refractivity contribution in [2.45, 2.75) is 12.8 Å². The second-order valence-corrected chi connectivity index (χ2v) is 4.42. The van der Waals surface area contributed by atoms with Crippen LogP contribution in [0, 0.1) is 16.0 Å². The van der Waals surface area contributed by atoms with Gasteiger partial charge in [0, 0.05) is 18.1 Å². The van der Waals surface area contributed by atoms with Crippen LogP contribution in [-0.4, -0.2) is 21.9 Å². The zero-order chi connectivity index (χ0) is 14.7. The molecule has 2 N–H and O–H groups in total. The van der Waals surface area contributed by atoms with E-state index in [1.54, 1.807) is 0 Å². The van der Waals surface area contributed by atoms with Crippen LogP contribution in [-0.2, 0) is 4.79 Å². The normalized spacial score (nSPS) is 14.2. The highest BCUT2D eigenvalue weighted by molar-refractivity contribution is 6.01. The number of carbonyl (C=O) groups excluding carboxylic acids is 1. The van der Waals surface area contributed by atoms with Crippen molar-refractivity contribution in [2.75, 3.05) is 5.32 Å². The van der Waals surface area contributed by atoms with Gasteiger partial charge in [0.25, 0.3) is 5.69 Å². The summed E-state index contributed by atoms with van der Waals surface area (Å²) in [7, 11) is 0. The highest BCUT2D eigenvalue weighted by atomic mass is 16.6. The van der Waals surface area contributed by atoms with Crippen molar-refractivity contribution < 1.29 is 19.6 Å². The van der Waals surface area contributed by atoms with E-state index >= 15 is 0 Å². The maximum absolute atomic E-state index is 12.0. The standard InChI is InChI=1S/C13H12N2O5/c16-12(8-3-1-2-4-8)14-11-7-9(15(19)20)5-6-10(11)13(17)18/h1-2,5-8H,3-4H2,(H,14,16)(H,17,18). The number of nitro groups is 1. The van der Waals surface area contributed by atoms with Gasteiger partial charge in [0.2, 0.25) is 5.91 Å². The van der Waals surface area contributed by atoms with E-state index in [9.17, 15) is 19.7 Å². The van der Waals surface area contributed by atoms with Gasteiger partial charge in [-0.25, -0.2) is 4.79 Å². The van der Waals surface area contributed by atoms with Crippen LogP contribution in [0.3, 0.4) is 0 Å². The number of nitrogens with zero attached hydrogens (tertiary/aromatic N) is 1. The second kappa shape index (κ2) is 5.52. The van der Waals surface area contributed by atoms with Crippen molar-refractivity contribution in [3.63, 3.8) is 0 Å². The SMILES string of the molecule is O=C(O)c1ccc([N+](=O)[O-])cc1NC(=O)C1CC=CC1. The van der Waals surface area contributed by atoms with Gasteiger partial charge in [-0.3, -0.25) is 14.9 Å². The first-order valence-electron chi connectivity index (χ1n) is 5.96. The minimum atomic E-state index is -1.25. The number of hydrogen-bond acceptors (Lipinski definition) is 4. The van der Waals surface area contributed by atoms with E-state index in [-0.39, 0.29) is 28.8 Å². The molecule has 1 amide bonds. The molecule has 0 saturated heterocycles. The van der Waals surface area contributed by atoms with Crippen LogP contribution < -0.4 is 5.32 Å². The molecular formula is C13H12N2O5. The molecule has 7 heteroatoms. The molecule has 1 aromatic rings. The fraction of sp³-hybridized carbons (Fsp3) is 0.231. The van der Waals surface area contributed by atoms with Crippen LogP contribution in [0.1, 0.15) is 23.2 Å². The number of hydrogen-bond donors (Lipinski definition) is 2. The van der Waals surface area contributed by atoms with Gasteiger partial charge in [-0.2, -0.15) is 0 Å². The van der Waals surface area contributed by atoms with Crippen molar-refractivity contribution in [3.05, 3.63) is 46.0 Å². The van der Waals surface area contributed by atoms with E-state index in [0.29, 0.717) is 12.8 Å². The summed E-state index contributed by atoms with van der Waals surface area (Å²) in [4.78, 5) is 33.1. The van der Waals surface area contributed by atoms with Crippen LogP contribution in [0.5, 0.6) is 0 Å². The largest absolute Gasteiger partial charge is 0.478 e. The van der Waals surface area contributed by atoms with Gasteiger partial charge in [0.15, 0.2) is 0 Å². The summed E-state index contributed by atoms with van der Waals surface area (Å²) in [5, 5.41) is 22.2. The van der Waals surface area contributed by atoms with Crippen molar-refractivity contribution in [2.24, 2.45) is 5.92 Å². The molecule has 0 unspecified atom stereocenters. The van der Waals surface area contributed by atoms with Crippen LogP contribution in [0.2, 0.25) is 0 Å². The van der Waals surface area contributed by atoms with E-state index in [4.69, 9.17) is 5.11 Å². The molecule has 0 atom stereocenters. The minimum Gasteiger partial charge on any atom is -0.478 e. The number of carboxylic acid groups (broad SMARTS) is 1. The predicted molar refractivity (Wildman–Crippen MR) is 70.5 cm³/mol. The first-order valence-corrected chi connectivity index (χ1v) is 5.96. The van der Waals surface area contributed by atoms with E-state index < -0.39 is 10.9 Å². The average Bonchev–Trinajstić information content (AvgIpc) is 2.92. The lowest BCUT2D eigenvalue weighted by Gasteiger charge is -2.12. The molecule has 20 heavy (non-hydrogen) atoms. The van der Waals surface area contributed by atoms with E-state index in [1.165, 1.54) is 0 Å². The molecule has 2 rings (SSSR count). The van der Waals surface area contributed by atoms with E-state index in [1.807, 2.05) is 12.2 Å². The Bertz CT molecular complexity index is 601. The van der Waals surface area contributed by atoms with Crippen molar-refractivity contribution in [1.82, 2.24) is 0 Å². The molecule has 1 aliphatic carbocycles. The van der Waals surface area contributed by atoms with Crippen LogP contribution >= 0.6 is 0 Å². The molecule has 0 fully saturated rings. The number of anilines is 1. The third-order valence-corrected chi connectivity index (χ3v) is 3.08. The highest BCUT2D eigenvalue weighted by Crippen LogP contribution is 2.25. The number of allylic oxidation sites excluding steroid dienone is 2. The topological polar surface area (TPSA) is 110 Å². The number of amides is 1. The summed E-state index contributed by atoms with van der Waals surface area (Å²) in [5.41, 5.74) is -0.492. The van der Waals surface area contributed by atoms with Gasteiger partial charge in [0.1, 0.15) is 0 Å². The fourth-order valence-electron chi connectivity index (χ4n) is 2.00. The molecule has 1 aliphatic rings. The lowest BCUT2D eigenvalue weighted by atomic mass is 10.1. The molecule has 0 spiro atoms. The Morgan fingerprint density at radius 3 is 2.50 bits per heavy atom. The minimum absolute atomic E-state index is 0.0522. The summed E-state index contributed by atoms with van der Waals surface area (Å²) in [6, 6.07) is 3.27. The van der Waals surface area contributed by atoms with Crippen molar-refractivity contribution in [3.8, 4) is 0 Å².